The molecule has 0 bridgehead atoms. The lowest BCUT2D eigenvalue weighted by Crippen LogP contribution is -2.19. The Labute approximate surface area is 232 Å². The highest BCUT2D eigenvalue weighted by Crippen LogP contribution is 2.40. The molecule has 0 radical (unpaired) electrons. The van der Waals surface area contributed by atoms with Gasteiger partial charge < -0.3 is 14.2 Å². The zero-order chi connectivity index (χ0) is 26.7. The maximum absolute atomic E-state index is 12.8. The van der Waals surface area contributed by atoms with Gasteiger partial charge in [-0.3, -0.25) is 14.9 Å². The van der Waals surface area contributed by atoms with Crippen LogP contribution in [0.2, 0.25) is 0 Å². The van der Waals surface area contributed by atoms with Crippen molar-refractivity contribution in [2.24, 2.45) is 4.99 Å². The van der Waals surface area contributed by atoms with Gasteiger partial charge in [0.25, 0.3) is 11.6 Å². The number of hydrogen-bond acceptors (Lipinski definition) is 9. The van der Waals surface area contributed by atoms with E-state index in [1.54, 1.807) is 24.3 Å². The Morgan fingerprint density at radius 3 is 2.38 bits per heavy atom. The first-order valence-corrected chi connectivity index (χ1v) is 14.0. The van der Waals surface area contributed by atoms with Crippen molar-refractivity contribution in [1.29, 1.82) is 0 Å². The molecule has 4 rings (SSSR count). The number of amidine groups is 1. The zero-order valence-electron chi connectivity index (χ0n) is 18.7. The van der Waals surface area contributed by atoms with Gasteiger partial charge in [-0.15, -0.1) is 0 Å². The third-order valence-corrected chi connectivity index (χ3v) is 8.05. The van der Waals surface area contributed by atoms with E-state index >= 15 is 0 Å². The molecule has 1 saturated heterocycles. The van der Waals surface area contributed by atoms with Crippen molar-refractivity contribution in [2.75, 3.05) is 7.11 Å². The van der Waals surface area contributed by atoms with Crippen LogP contribution >= 0.6 is 43.6 Å². The van der Waals surface area contributed by atoms with Crippen LogP contribution in [-0.4, -0.2) is 31.5 Å². The number of nitrogens with one attached hydrogen (secondary N) is 1. The van der Waals surface area contributed by atoms with E-state index in [4.69, 9.17) is 8.92 Å². The average molecular weight is 669 g/mol. The van der Waals surface area contributed by atoms with E-state index in [0.717, 1.165) is 40.5 Å². The fourth-order valence-electron chi connectivity index (χ4n) is 3.06. The monoisotopic (exact) mass is 667 g/mol. The van der Waals surface area contributed by atoms with Crippen LogP contribution in [0.1, 0.15) is 5.56 Å². The molecule has 0 saturated carbocycles. The number of nitro benzene ring substituents is 1. The third-order valence-electron chi connectivity index (χ3n) is 4.79. The average Bonchev–Trinajstić information content (AvgIpc) is 3.20. The zero-order valence-corrected chi connectivity index (χ0v) is 23.5. The lowest BCUT2D eigenvalue weighted by Gasteiger charge is -2.13. The second kappa shape index (κ2) is 11.0. The van der Waals surface area contributed by atoms with Gasteiger partial charge in [0.15, 0.2) is 16.7 Å². The SMILES string of the molecule is COc1cc(/C=C2/SC(=Nc3ccc(Br)cc3)NC2=O)cc(Br)c1OS(=O)(=O)c1ccc([N+](=O)[O-])cc1. The van der Waals surface area contributed by atoms with Crippen LogP contribution in [0.15, 0.2) is 84.4 Å². The first kappa shape index (κ1) is 26.9. The van der Waals surface area contributed by atoms with Crippen LogP contribution in [0.4, 0.5) is 11.4 Å². The quantitative estimate of drug-likeness (QED) is 0.145. The third kappa shape index (κ3) is 6.39. The van der Waals surface area contributed by atoms with Crippen molar-refractivity contribution in [3.63, 3.8) is 0 Å². The highest BCUT2D eigenvalue weighted by molar-refractivity contribution is 9.10. The number of non-ortho nitro benzene ring substituents is 1. The lowest BCUT2D eigenvalue weighted by molar-refractivity contribution is -0.384. The van der Waals surface area contributed by atoms with Crippen LogP contribution in [0.5, 0.6) is 11.5 Å². The molecule has 190 valence electrons. The molecule has 1 amide bonds. The summed E-state index contributed by atoms with van der Waals surface area (Å²) >= 11 is 7.81. The van der Waals surface area contributed by atoms with Gasteiger partial charge in [0.1, 0.15) is 4.90 Å². The lowest BCUT2D eigenvalue weighted by atomic mass is 10.2. The molecule has 1 N–H and O–H groups in total. The molecular weight excluding hydrogens is 654 g/mol. The summed E-state index contributed by atoms with van der Waals surface area (Å²) in [7, 11) is -2.99. The molecule has 0 atom stereocenters. The van der Waals surface area contributed by atoms with E-state index in [0.29, 0.717) is 21.3 Å². The number of hydrogen-bond donors (Lipinski definition) is 1. The molecule has 0 aliphatic carbocycles. The van der Waals surface area contributed by atoms with Crippen molar-refractivity contribution < 1.29 is 27.1 Å². The largest absolute Gasteiger partial charge is 0.493 e. The highest BCUT2D eigenvalue weighted by Gasteiger charge is 2.26. The number of nitrogens with zero attached hydrogens (tertiary/aromatic N) is 2. The Kier molecular flexibility index (Phi) is 8.02. The number of rotatable bonds is 7. The summed E-state index contributed by atoms with van der Waals surface area (Å²) in [5, 5.41) is 14.0. The first-order valence-electron chi connectivity index (χ1n) is 10.2. The maximum atomic E-state index is 12.8. The smallest absolute Gasteiger partial charge is 0.339 e. The number of halogens is 2. The van der Waals surface area contributed by atoms with Crippen molar-refractivity contribution in [3.05, 3.63) is 90.2 Å². The van der Waals surface area contributed by atoms with Crippen LogP contribution in [0, 0.1) is 10.1 Å². The maximum Gasteiger partial charge on any atom is 0.339 e. The molecule has 1 aliphatic rings. The van der Waals surface area contributed by atoms with Crippen molar-refractivity contribution in [2.45, 2.75) is 4.90 Å². The van der Waals surface area contributed by atoms with Crippen LogP contribution in [0.25, 0.3) is 6.08 Å². The van der Waals surface area contributed by atoms with Gasteiger partial charge in [-0.05, 0) is 87.9 Å². The number of thioether (sulfide) groups is 1. The van der Waals surface area contributed by atoms with Gasteiger partial charge in [0.2, 0.25) is 0 Å². The molecule has 3 aromatic rings. The van der Waals surface area contributed by atoms with E-state index in [2.05, 4.69) is 42.2 Å². The van der Waals surface area contributed by atoms with E-state index in [9.17, 15) is 23.3 Å². The Morgan fingerprint density at radius 2 is 1.76 bits per heavy atom. The summed E-state index contributed by atoms with van der Waals surface area (Å²) < 4.78 is 37.3. The Morgan fingerprint density at radius 1 is 1.08 bits per heavy atom. The minimum Gasteiger partial charge on any atom is -0.493 e. The number of aliphatic imine (C=N–C) groups is 1. The van der Waals surface area contributed by atoms with Crippen LogP contribution in [-0.2, 0) is 14.9 Å². The normalized spacial score (nSPS) is 15.6. The summed E-state index contributed by atoms with van der Waals surface area (Å²) in [5.74, 6) is -0.375. The molecule has 0 spiro atoms. The molecule has 1 fully saturated rings. The van der Waals surface area contributed by atoms with Gasteiger partial charge in [-0.2, -0.15) is 8.42 Å². The summed E-state index contributed by atoms with van der Waals surface area (Å²) in [4.78, 5) is 27.2. The van der Waals surface area contributed by atoms with E-state index in [1.165, 1.54) is 13.2 Å². The Bertz CT molecular complexity index is 1560. The number of methoxy groups -OCH3 is 1. The second-order valence-corrected chi connectivity index (χ2v) is 11.6. The fourth-order valence-corrected chi connectivity index (χ4v) is 5.77. The molecule has 1 heterocycles. The molecule has 14 heteroatoms. The Hall–Kier alpha value is -3.20. The number of amides is 1. The van der Waals surface area contributed by atoms with E-state index in [1.807, 2.05) is 12.1 Å². The summed E-state index contributed by atoms with van der Waals surface area (Å²) in [6, 6.07) is 14.6. The molecule has 1 aliphatic heterocycles. The number of benzene rings is 3. The minimum atomic E-state index is -4.33. The van der Waals surface area contributed by atoms with Crippen LogP contribution in [0.3, 0.4) is 0 Å². The van der Waals surface area contributed by atoms with Gasteiger partial charge in [-0.25, -0.2) is 4.99 Å². The molecular formula is C23H15Br2N3O7S2. The van der Waals surface area contributed by atoms with Crippen molar-refractivity contribution in [3.8, 4) is 11.5 Å². The van der Waals surface area contributed by atoms with Gasteiger partial charge in [-0.1, -0.05) is 15.9 Å². The van der Waals surface area contributed by atoms with Crippen molar-refractivity contribution in [1.82, 2.24) is 5.32 Å². The fraction of sp³-hybridized carbons (Fsp3) is 0.0435. The molecule has 0 aromatic heterocycles. The molecule has 0 unspecified atom stereocenters. The number of carbonyl (C=O) groups is 1. The molecule has 37 heavy (non-hydrogen) atoms. The first-order chi connectivity index (χ1) is 17.6. The predicted octanol–water partition coefficient (Wildman–Crippen LogP) is 5.79. The summed E-state index contributed by atoms with van der Waals surface area (Å²) in [6.07, 6.45) is 1.60. The van der Waals surface area contributed by atoms with Crippen LogP contribution < -0.4 is 14.2 Å². The number of nitro groups is 1. The van der Waals surface area contributed by atoms with Crippen molar-refractivity contribution >= 4 is 82.3 Å². The van der Waals surface area contributed by atoms with E-state index in [-0.39, 0.29) is 32.5 Å². The van der Waals surface area contributed by atoms with Gasteiger partial charge in [0.05, 0.1) is 27.1 Å². The molecule has 10 nitrogen and oxygen atoms in total. The highest BCUT2D eigenvalue weighted by atomic mass is 79.9. The minimum absolute atomic E-state index is 0.0823. The number of ether oxygens (including phenoxy) is 1. The standard InChI is InChI=1S/C23H15Br2N3O7S2/c1-34-19-11-13(12-20-22(29)27-23(36-20)26-15-4-2-14(24)3-5-15)10-18(25)21(19)35-37(32,33)17-8-6-16(7-9-17)28(30)31/h2-12H,1H3,(H,26,27,29)/b20-12+. The summed E-state index contributed by atoms with van der Waals surface area (Å²) in [6.45, 7) is 0. The number of carbonyl (C=O) groups excluding carboxylic acids is 1. The van der Waals surface area contributed by atoms with E-state index < -0.39 is 15.0 Å². The van der Waals surface area contributed by atoms with Gasteiger partial charge in [0, 0.05) is 16.6 Å². The summed E-state index contributed by atoms with van der Waals surface area (Å²) in [5.41, 5.74) is 0.952. The molecule has 3 aromatic carbocycles. The topological polar surface area (TPSA) is 137 Å². The predicted molar refractivity (Wildman–Crippen MR) is 147 cm³/mol. The van der Waals surface area contributed by atoms with Gasteiger partial charge >= 0.3 is 10.1 Å². The Balaban J connectivity index is 1.58. The second-order valence-electron chi connectivity index (χ2n) is 7.28.